The van der Waals surface area contributed by atoms with Crippen LogP contribution >= 0.6 is 0 Å². The third kappa shape index (κ3) is 4.57. The topological polar surface area (TPSA) is 99.3 Å². The Labute approximate surface area is 110 Å². The summed E-state index contributed by atoms with van der Waals surface area (Å²) in [6.45, 7) is 7.58. The minimum absolute atomic E-state index is 0.253. The number of nitrogens with one attached hydrogen (secondary N) is 1. The Kier molecular flexibility index (Phi) is 4.47. The molecule has 8 heteroatoms. The molecule has 1 aromatic rings. The molecule has 19 heavy (non-hydrogen) atoms. The Bertz CT molecular complexity index is 476. The normalized spacial score (nSPS) is 11.2. The molecule has 0 saturated heterocycles. The van der Waals surface area contributed by atoms with Crippen molar-refractivity contribution >= 4 is 17.7 Å². The number of hydrogen-bond acceptors (Lipinski definition) is 5. The van der Waals surface area contributed by atoms with Gasteiger partial charge in [-0.25, -0.2) is 4.79 Å². The average Bonchev–Trinajstić information content (AvgIpc) is 2.59. The van der Waals surface area contributed by atoms with E-state index in [1.54, 1.807) is 20.8 Å². The average molecular weight is 270 g/mol. The van der Waals surface area contributed by atoms with Crippen LogP contribution in [0.25, 0.3) is 0 Å². The molecule has 0 aliphatic carbocycles. The van der Waals surface area contributed by atoms with Crippen molar-refractivity contribution < 1.29 is 14.5 Å². The zero-order valence-corrected chi connectivity index (χ0v) is 11.5. The molecule has 1 heterocycles. The zero-order chi connectivity index (χ0) is 14.6. The van der Waals surface area contributed by atoms with Gasteiger partial charge < -0.3 is 14.9 Å². The Morgan fingerprint density at radius 2 is 2.21 bits per heavy atom. The van der Waals surface area contributed by atoms with Crippen molar-refractivity contribution in [3.05, 3.63) is 16.2 Å². The molecule has 0 aliphatic rings. The molecule has 0 atom stereocenters. The van der Waals surface area contributed by atoms with Gasteiger partial charge in [-0.3, -0.25) is 5.32 Å². The van der Waals surface area contributed by atoms with Crippen molar-refractivity contribution in [3.63, 3.8) is 0 Å². The summed E-state index contributed by atoms with van der Waals surface area (Å²) in [5.74, 6) is -0.0534. The fraction of sp³-hybridized carbons (Fsp3) is 0.636. The van der Waals surface area contributed by atoms with Gasteiger partial charge in [0.2, 0.25) is 0 Å². The van der Waals surface area contributed by atoms with E-state index in [1.807, 2.05) is 6.92 Å². The highest BCUT2D eigenvalue weighted by Gasteiger charge is 2.22. The molecule has 0 unspecified atom stereocenters. The summed E-state index contributed by atoms with van der Waals surface area (Å²) in [5, 5.41) is 16.9. The van der Waals surface area contributed by atoms with E-state index >= 15 is 0 Å². The second-order valence-electron chi connectivity index (χ2n) is 4.99. The van der Waals surface area contributed by atoms with Crippen molar-refractivity contribution in [2.75, 3.05) is 5.32 Å². The summed E-state index contributed by atoms with van der Waals surface area (Å²) in [6, 6.07) is 1.21. The second-order valence-corrected chi connectivity index (χ2v) is 4.99. The van der Waals surface area contributed by atoms with Gasteiger partial charge in [0.1, 0.15) is 5.60 Å². The third-order valence-electron chi connectivity index (χ3n) is 2.02. The first kappa shape index (κ1) is 14.9. The molecule has 1 N–H and O–H groups in total. The molecule has 106 valence electrons. The van der Waals surface area contributed by atoms with E-state index < -0.39 is 16.6 Å². The fourth-order valence-corrected chi connectivity index (χ4v) is 1.38. The standard InChI is InChI=1S/C11H18N4O4/c1-5-6-14-8(7-9(13-14)15(17)18)12-10(16)19-11(2,3)4/h7H,5-6H2,1-4H3,(H,12,16). The van der Waals surface area contributed by atoms with Crippen molar-refractivity contribution in [3.8, 4) is 0 Å². The number of aryl methyl sites for hydroxylation is 1. The van der Waals surface area contributed by atoms with E-state index in [0.29, 0.717) is 6.54 Å². The number of carbonyl (C=O) groups is 1. The summed E-state index contributed by atoms with van der Waals surface area (Å²) in [4.78, 5) is 21.7. The van der Waals surface area contributed by atoms with Crippen LogP contribution < -0.4 is 5.32 Å². The maximum Gasteiger partial charge on any atom is 0.413 e. The molecule has 0 aliphatic heterocycles. The molecule has 0 saturated carbocycles. The van der Waals surface area contributed by atoms with Gasteiger partial charge in [-0.2, -0.15) is 4.68 Å². The third-order valence-corrected chi connectivity index (χ3v) is 2.02. The van der Waals surface area contributed by atoms with E-state index in [9.17, 15) is 14.9 Å². The van der Waals surface area contributed by atoms with Crippen LogP contribution in [0.5, 0.6) is 0 Å². The smallest absolute Gasteiger partial charge is 0.413 e. The lowest BCUT2D eigenvalue weighted by atomic mass is 10.2. The number of rotatable bonds is 4. The minimum atomic E-state index is -0.667. The van der Waals surface area contributed by atoms with E-state index in [4.69, 9.17) is 4.74 Å². The maximum atomic E-state index is 11.6. The van der Waals surface area contributed by atoms with Crippen LogP contribution in [0.2, 0.25) is 0 Å². The van der Waals surface area contributed by atoms with E-state index in [0.717, 1.165) is 6.42 Å². The quantitative estimate of drug-likeness (QED) is 0.669. The Hall–Kier alpha value is -2.12. The van der Waals surface area contributed by atoms with E-state index in [2.05, 4.69) is 10.4 Å². The minimum Gasteiger partial charge on any atom is -0.444 e. The Morgan fingerprint density at radius 3 is 2.68 bits per heavy atom. The van der Waals surface area contributed by atoms with E-state index in [1.165, 1.54) is 10.7 Å². The summed E-state index contributed by atoms with van der Waals surface area (Å²) >= 11 is 0. The highest BCUT2D eigenvalue weighted by molar-refractivity contribution is 5.84. The molecule has 0 fully saturated rings. The van der Waals surface area contributed by atoms with Crippen molar-refractivity contribution in [2.45, 2.75) is 46.3 Å². The molecule has 8 nitrogen and oxygen atoms in total. The van der Waals surface area contributed by atoms with Crippen molar-refractivity contribution in [1.82, 2.24) is 9.78 Å². The monoisotopic (exact) mass is 270 g/mol. The van der Waals surface area contributed by atoms with Crippen LogP contribution in [-0.4, -0.2) is 26.4 Å². The number of nitro groups is 1. The zero-order valence-electron chi connectivity index (χ0n) is 11.5. The van der Waals surface area contributed by atoms with Gasteiger partial charge in [0.25, 0.3) is 0 Å². The SMILES string of the molecule is CCCn1nc([N+](=O)[O-])cc1NC(=O)OC(C)(C)C. The van der Waals surface area contributed by atoms with Crippen LogP contribution in [0.4, 0.5) is 16.4 Å². The molecule has 0 radical (unpaired) electrons. The molecule has 1 amide bonds. The summed E-state index contributed by atoms with van der Waals surface area (Å²) < 4.78 is 6.46. The van der Waals surface area contributed by atoms with Gasteiger partial charge in [-0.15, -0.1) is 0 Å². The number of amides is 1. The predicted octanol–water partition coefficient (Wildman–Crippen LogP) is 2.55. The number of aromatic nitrogens is 2. The molecular formula is C11H18N4O4. The number of anilines is 1. The van der Waals surface area contributed by atoms with Gasteiger partial charge in [-0.05, 0) is 32.1 Å². The van der Waals surface area contributed by atoms with Crippen molar-refractivity contribution in [2.24, 2.45) is 0 Å². The van der Waals surface area contributed by atoms with Gasteiger partial charge in [0.05, 0.1) is 17.7 Å². The second kappa shape index (κ2) is 5.68. The predicted molar refractivity (Wildman–Crippen MR) is 69.0 cm³/mol. The fourth-order valence-electron chi connectivity index (χ4n) is 1.38. The molecular weight excluding hydrogens is 252 g/mol. The number of ether oxygens (including phenoxy) is 1. The number of carbonyl (C=O) groups excluding carboxylic acids is 1. The van der Waals surface area contributed by atoms with Crippen LogP contribution in [0.15, 0.2) is 6.07 Å². The van der Waals surface area contributed by atoms with Crippen LogP contribution in [-0.2, 0) is 11.3 Å². The van der Waals surface area contributed by atoms with Gasteiger partial charge in [0, 0.05) is 0 Å². The lowest BCUT2D eigenvalue weighted by molar-refractivity contribution is -0.389. The van der Waals surface area contributed by atoms with Crippen LogP contribution in [0.3, 0.4) is 0 Å². The van der Waals surface area contributed by atoms with Crippen molar-refractivity contribution in [1.29, 1.82) is 0 Å². The first-order valence-electron chi connectivity index (χ1n) is 5.95. The van der Waals surface area contributed by atoms with Gasteiger partial charge in [-0.1, -0.05) is 6.92 Å². The van der Waals surface area contributed by atoms with Gasteiger partial charge >= 0.3 is 11.9 Å². The highest BCUT2D eigenvalue weighted by Crippen LogP contribution is 2.18. The van der Waals surface area contributed by atoms with Crippen LogP contribution in [0.1, 0.15) is 34.1 Å². The maximum absolute atomic E-state index is 11.6. The molecule has 0 bridgehead atoms. The summed E-state index contributed by atoms with van der Waals surface area (Å²) in [6.07, 6.45) is 0.0709. The lowest BCUT2D eigenvalue weighted by Crippen LogP contribution is -2.28. The first-order valence-corrected chi connectivity index (χ1v) is 5.95. The Balaban J connectivity index is 2.86. The highest BCUT2D eigenvalue weighted by atomic mass is 16.6. The van der Waals surface area contributed by atoms with E-state index in [-0.39, 0.29) is 11.6 Å². The van der Waals surface area contributed by atoms with Crippen LogP contribution in [0, 0.1) is 10.1 Å². The molecule has 1 rings (SSSR count). The summed E-state index contributed by atoms with van der Waals surface area (Å²) in [7, 11) is 0. The Morgan fingerprint density at radius 1 is 1.58 bits per heavy atom. The number of nitrogens with zero attached hydrogens (tertiary/aromatic N) is 3. The number of hydrogen-bond donors (Lipinski definition) is 1. The largest absolute Gasteiger partial charge is 0.444 e. The first-order chi connectivity index (χ1) is 8.73. The molecule has 1 aromatic heterocycles. The molecule has 0 aromatic carbocycles. The van der Waals surface area contributed by atoms with Gasteiger partial charge in [0.15, 0.2) is 5.82 Å². The molecule has 0 spiro atoms. The lowest BCUT2D eigenvalue weighted by Gasteiger charge is -2.19. The summed E-state index contributed by atoms with van der Waals surface area (Å²) in [5.41, 5.74) is -0.633.